The number of hydrogen-bond donors (Lipinski definition) is 1. The molecule has 0 aliphatic carbocycles. The van der Waals surface area contributed by atoms with E-state index in [-0.39, 0.29) is 11.9 Å². The van der Waals surface area contributed by atoms with E-state index in [0.717, 1.165) is 25.1 Å². The lowest BCUT2D eigenvalue weighted by atomic mass is 10.0. The average molecular weight is 403 g/mol. The van der Waals surface area contributed by atoms with E-state index < -0.39 is 0 Å². The first kappa shape index (κ1) is 20.6. The molecule has 0 unspecified atom stereocenters. The minimum Gasteiger partial charge on any atom is -0.493 e. The van der Waals surface area contributed by atoms with Crippen LogP contribution in [0.5, 0.6) is 5.75 Å². The second kappa shape index (κ2) is 10.5. The number of ether oxygens (including phenoxy) is 2. The Hall–Kier alpha value is -2.08. The molecule has 1 atom stereocenters. The molecule has 1 amide bonds. The summed E-state index contributed by atoms with van der Waals surface area (Å²) in [5, 5.41) is 3.79. The van der Waals surface area contributed by atoms with E-state index in [2.05, 4.69) is 10.2 Å². The van der Waals surface area contributed by atoms with Crippen LogP contribution in [0.4, 0.5) is 0 Å². The molecule has 0 aromatic heterocycles. The van der Waals surface area contributed by atoms with Crippen LogP contribution in [0.2, 0.25) is 5.02 Å². The molecule has 2 aromatic carbocycles. The van der Waals surface area contributed by atoms with E-state index in [9.17, 15) is 4.79 Å². The summed E-state index contributed by atoms with van der Waals surface area (Å²) in [7, 11) is 0. The predicted molar refractivity (Wildman–Crippen MR) is 111 cm³/mol. The molecule has 1 heterocycles. The van der Waals surface area contributed by atoms with Crippen LogP contribution >= 0.6 is 11.6 Å². The SMILES string of the molecule is CCCOc1ccccc1C(=O)NC[C@H](c1ccccc1Cl)N1CCOCC1. The van der Waals surface area contributed by atoms with Gasteiger partial charge in [0.05, 0.1) is 31.4 Å². The number of carbonyl (C=O) groups is 1. The maximum atomic E-state index is 12.9. The Morgan fingerprint density at radius 3 is 2.64 bits per heavy atom. The van der Waals surface area contributed by atoms with Gasteiger partial charge in [-0.1, -0.05) is 48.9 Å². The van der Waals surface area contributed by atoms with E-state index in [0.29, 0.717) is 42.7 Å². The Kier molecular flexibility index (Phi) is 7.71. The lowest BCUT2D eigenvalue weighted by molar-refractivity contribution is 0.0162. The number of hydrogen-bond acceptors (Lipinski definition) is 4. The standard InChI is InChI=1S/C22H27ClN2O3/c1-2-13-28-21-10-6-4-8-18(21)22(26)24-16-20(25-11-14-27-15-12-25)17-7-3-5-9-19(17)23/h3-10,20H,2,11-16H2,1H3,(H,24,26)/t20-/m1/s1. The first-order valence-electron chi connectivity index (χ1n) is 9.77. The molecule has 0 spiro atoms. The number of halogens is 1. The van der Waals surface area contributed by atoms with Crippen molar-refractivity contribution >= 4 is 17.5 Å². The van der Waals surface area contributed by atoms with Gasteiger partial charge in [0, 0.05) is 24.7 Å². The molecular formula is C22H27ClN2O3. The molecular weight excluding hydrogens is 376 g/mol. The highest BCUT2D eigenvalue weighted by Gasteiger charge is 2.25. The van der Waals surface area contributed by atoms with E-state index in [1.807, 2.05) is 49.4 Å². The monoisotopic (exact) mass is 402 g/mol. The molecule has 3 rings (SSSR count). The Balaban J connectivity index is 1.75. The van der Waals surface area contributed by atoms with Crippen molar-refractivity contribution < 1.29 is 14.3 Å². The normalized spacial score (nSPS) is 15.8. The first-order chi connectivity index (χ1) is 13.7. The molecule has 1 fully saturated rings. The number of benzene rings is 2. The predicted octanol–water partition coefficient (Wildman–Crippen LogP) is 3.93. The van der Waals surface area contributed by atoms with Gasteiger partial charge in [-0.05, 0) is 30.2 Å². The lowest BCUT2D eigenvalue weighted by Crippen LogP contribution is -2.44. The van der Waals surface area contributed by atoms with Crippen LogP contribution in [0.25, 0.3) is 0 Å². The Bertz CT molecular complexity index is 778. The Morgan fingerprint density at radius 1 is 1.18 bits per heavy atom. The third-order valence-electron chi connectivity index (χ3n) is 4.80. The summed E-state index contributed by atoms with van der Waals surface area (Å²) >= 11 is 6.46. The van der Waals surface area contributed by atoms with Crippen LogP contribution < -0.4 is 10.1 Å². The lowest BCUT2D eigenvalue weighted by Gasteiger charge is -2.35. The topological polar surface area (TPSA) is 50.8 Å². The van der Waals surface area contributed by atoms with Crippen molar-refractivity contribution in [2.45, 2.75) is 19.4 Å². The quantitative estimate of drug-likeness (QED) is 0.726. The number of carbonyl (C=O) groups excluding carboxylic acids is 1. The fourth-order valence-corrected chi connectivity index (χ4v) is 3.61. The molecule has 6 heteroatoms. The number of para-hydroxylation sites is 1. The zero-order valence-corrected chi connectivity index (χ0v) is 17.0. The van der Waals surface area contributed by atoms with Crippen molar-refractivity contribution in [3.63, 3.8) is 0 Å². The molecule has 0 bridgehead atoms. The van der Waals surface area contributed by atoms with E-state index >= 15 is 0 Å². The van der Waals surface area contributed by atoms with Crippen LogP contribution in [0, 0.1) is 0 Å². The highest BCUT2D eigenvalue weighted by Crippen LogP contribution is 2.28. The van der Waals surface area contributed by atoms with Gasteiger partial charge in [0.25, 0.3) is 5.91 Å². The van der Waals surface area contributed by atoms with Gasteiger partial charge in [-0.25, -0.2) is 0 Å². The average Bonchev–Trinajstić information content (AvgIpc) is 2.74. The van der Waals surface area contributed by atoms with E-state index in [1.165, 1.54) is 0 Å². The number of nitrogens with one attached hydrogen (secondary N) is 1. The fourth-order valence-electron chi connectivity index (χ4n) is 3.35. The van der Waals surface area contributed by atoms with Gasteiger partial charge in [-0.2, -0.15) is 0 Å². The molecule has 150 valence electrons. The molecule has 2 aromatic rings. The maximum absolute atomic E-state index is 12.9. The van der Waals surface area contributed by atoms with Crippen molar-refractivity contribution in [1.82, 2.24) is 10.2 Å². The molecule has 0 radical (unpaired) electrons. The number of nitrogens with zero attached hydrogens (tertiary/aromatic N) is 1. The van der Waals surface area contributed by atoms with Crippen LogP contribution in [-0.2, 0) is 4.74 Å². The van der Waals surface area contributed by atoms with Crippen molar-refractivity contribution in [2.24, 2.45) is 0 Å². The fraction of sp³-hybridized carbons (Fsp3) is 0.409. The van der Waals surface area contributed by atoms with E-state index in [4.69, 9.17) is 21.1 Å². The molecule has 0 saturated carbocycles. The third kappa shape index (κ3) is 5.25. The molecule has 5 nitrogen and oxygen atoms in total. The second-order valence-corrected chi connectivity index (χ2v) is 7.15. The van der Waals surface area contributed by atoms with Gasteiger partial charge in [0.2, 0.25) is 0 Å². The smallest absolute Gasteiger partial charge is 0.255 e. The highest BCUT2D eigenvalue weighted by atomic mass is 35.5. The zero-order valence-electron chi connectivity index (χ0n) is 16.2. The molecule has 1 N–H and O–H groups in total. The van der Waals surface area contributed by atoms with Crippen molar-refractivity contribution in [3.05, 3.63) is 64.7 Å². The Morgan fingerprint density at radius 2 is 1.89 bits per heavy atom. The number of rotatable bonds is 8. The summed E-state index contributed by atoms with van der Waals surface area (Å²) < 4.78 is 11.2. The summed E-state index contributed by atoms with van der Waals surface area (Å²) in [4.78, 5) is 15.2. The first-order valence-corrected chi connectivity index (χ1v) is 10.1. The minimum absolute atomic E-state index is 0.00901. The van der Waals surface area contributed by atoms with Gasteiger partial charge < -0.3 is 14.8 Å². The van der Waals surface area contributed by atoms with Gasteiger partial charge in [-0.15, -0.1) is 0 Å². The van der Waals surface area contributed by atoms with Crippen molar-refractivity contribution in [1.29, 1.82) is 0 Å². The summed E-state index contributed by atoms with van der Waals surface area (Å²) in [5.41, 5.74) is 1.57. The summed E-state index contributed by atoms with van der Waals surface area (Å²) in [6.45, 7) is 6.07. The van der Waals surface area contributed by atoms with Gasteiger partial charge in [0.15, 0.2) is 0 Å². The molecule has 1 aliphatic heterocycles. The largest absolute Gasteiger partial charge is 0.493 e. The van der Waals surface area contributed by atoms with Crippen molar-refractivity contribution in [2.75, 3.05) is 39.5 Å². The summed E-state index contributed by atoms with van der Waals surface area (Å²) in [5.74, 6) is 0.472. The summed E-state index contributed by atoms with van der Waals surface area (Å²) in [6, 6.07) is 15.1. The second-order valence-electron chi connectivity index (χ2n) is 6.74. The van der Waals surface area contributed by atoms with Crippen LogP contribution in [0.1, 0.15) is 35.3 Å². The van der Waals surface area contributed by atoms with Crippen LogP contribution in [0.3, 0.4) is 0 Å². The summed E-state index contributed by atoms with van der Waals surface area (Å²) in [6.07, 6.45) is 0.890. The minimum atomic E-state index is -0.142. The van der Waals surface area contributed by atoms with Crippen LogP contribution in [0.15, 0.2) is 48.5 Å². The van der Waals surface area contributed by atoms with Gasteiger partial charge >= 0.3 is 0 Å². The van der Waals surface area contributed by atoms with Crippen molar-refractivity contribution in [3.8, 4) is 5.75 Å². The van der Waals surface area contributed by atoms with Gasteiger partial charge in [-0.3, -0.25) is 9.69 Å². The number of morpholine rings is 1. The molecule has 1 saturated heterocycles. The Labute approximate surface area is 171 Å². The van der Waals surface area contributed by atoms with Crippen LogP contribution in [-0.4, -0.2) is 50.3 Å². The third-order valence-corrected chi connectivity index (χ3v) is 5.14. The van der Waals surface area contributed by atoms with E-state index in [1.54, 1.807) is 6.07 Å². The molecule has 1 aliphatic rings. The highest BCUT2D eigenvalue weighted by molar-refractivity contribution is 6.31. The molecule has 28 heavy (non-hydrogen) atoms. The zero-order chi connectivity index (χ0) is 19.8. The maximum Gasteiger partial charge on any atom is 0.255 e. The number of amides is 1. The van der Waals surface area contributed by atoms with Gasteiger partial charge in [0.1, 0.15) is 5.75 Å².